The van der Waals surface area contributed by atoms with Gasteiger partial charge >= 0.3 is 0 Å². The molecule has 0 unspecified atom stereocenters. The molecule has 0 radical (unpaired) electrons. The largest absolute Gasteiger partial charge is 0.345 e. The minimum absolute atomic E-state index is 0.0644. The first-order chi connectivity index (χ1) is 15.3. The summed E-state index contributed by atoms with van der Waals surface area (Å²) < 4.78 is 39.8. The fourth-order valence-corrected chi connectivity index (χ4v) is 3.12. The van der Waals surface area contributed by atoms with E-state index in [-0.39, 0.29) is 12.3 Å². The second kappa shape index (κ2) is 9.95. The molecule has 0 aromatic heterocycles. The van der Waals surface area contributed by atoms with E-state index in [1.807, 2.05) is 47.8 Å². The van der Waals surface area contributed by atoms with Crippen LogP contribution in [0.15, 0.2) is 54.6 Å². The number of rotatable bonds is 7. The van der Waals surface area contributed by atoms with Crippen molar-refractivity contribution in [2.45, 2.75) is 19.4 Å². The summed E-state index contributed by atoms with van der Waals surface area (Å²) in [7, 11) is 0. The number of halogens is 3. The average Bonchev–Trinajstić information content (AvgIpc) is 2.78. The number of hydrogen-bond donors (Lipinski definition) is 3. The van der Waals surface area contributed by atoms with Crippen LogP contribution in [0.3, 0.4) is 0 Å². The Morgan fingerprint density at radius 1 is 0.875 bits per heavy atom. The van der Waals surface area contributed by atoms with Crippen molar-refractivity contribution in [2.75, 3.05) is 11.9 Å². The van der Waals surface area contributed by atoms with Crippen LogP contribution in [0.5, 0.6) is 0 Å². The summed E-state index contributed by atoms with van der Waals surface area (Å²) >= 11 is 0. The molecule has 0 aliphatic carbocycles. The normalized spacial score (nSPS) is 11.6. The van der Waals surface area contributed by atoms with Gasteiger partial charge in [-0.25, -0.2) is 13.2 Å². The molecule has 3 amide bonds. The van der Waals surface area contributed by atoms with Crippen molar-refractivity contribution in [1.82, 2.24) is 10.6 Å². The van der Waals surface area contributed by atoms with E-state index in [1.54, 1.807) is 0 Å². The summed E-state index contributed by atoms with van der Waals surface area (Å²) in [4.78, 5) is 36.4. The molecule has 3 aromatic rings. The summed E-state index contributed by atoms with van der Waals surface area (Å²) in [6, 6.07) is 13.8. The van der Waals surface area contributed by atoms with E-state index in [1.165, 1.54) is 6.92 Å². The van der Waals surface area contributed by atoms with Gasteiger partial charge in [0.2, 0.25) is 17.7 Å². The molecule has 3 rings (SSSR count). The molecule has 0 heterocycles. The zero-order valence-corrected chi connectivity index (χ0v) is 17.0. The van der Waals surface area contributed by atoms with Gasteiger partial charge in [-0.1, -0.05) is 42.5 Å². The molecule has 0 spiro atoms. The Morgan fingerprint density at radius 3 is 2.38 bits per heavy atom. The van der Waals surface area contributed by atoms with Crippen molar-refractivity contribution in [3.05, 3.63) is 77.6 Å². The highest BCUT2D eigenvalue weighted by Crippen LogP contribution is 2.20. The van der Waals surface area contributed by atoms with Gasteiger partial charge in [-0.05, 0) is 35.4 Å². The van der Waals surface area contributed by atoms with Crippen LogP contribution in [0.4, 0.5) is 18.9 Å². The molecule has 1 atom stereocenters. The van der Waals surface area contributed by atoms with Crippen molar-refractivity contribution in [3.63, 3.8) is 0 Å². The van der Waals surface area contributed by atoms with Gasteiger partial charge in [0.15, 0.2) is 17.5 Å². The number of carbonyl (C=O) groups excluding carboxylic acids is 3. The molecule has 3 aromatic carbocycles. The van der Waals surface area contributed by atoms with Gasteiger partial charge in [-0.15, -0.1) is 0 Å². The van der Waals surface area contributed by atoms with Gasteiger partial charge in [0, 0.05) is 0 Å². The predicted molar refractivity (Wildman–Crippen MR) is 113 cm³/mol. The number of carbonyl (C=O) groups is 3. The molecular weight excluding hydrogens is 423 g/mol. The maximum absolute atomic E-state index is 13.6. The summed E-state index contributed by atoms with van der Waals surface area (Å²) in [6.07, 6.45) is 0.0644. The summed E-state index contributed by atoms with van der Waals surface area (Å²) in [6.45, 7) is 0.893. The van der Waals surface area contributed by atoms with Crippen molar-refractivity contribution < 1.29 is 27.6 Å². The van der Waals surface area contributed by atoms with Crippen LogP contribution in [-0.2, 0) is 20.8 Å². The number of fused-ring (bicyclic) bond motifs is 1. The number of anilines is 1. The SMILES string of the molecule is C[C@H](NC(=O)Cc1cccc2ccccc12)C(=O)NCC(=O)Nc1ccc(F)c(F)c1F. The Labute approximate surface area is 181 Å². The fraction of sp³-hybridized carbons (Fsp3) is 0.174. The van der Waals surface area contributed by atoms with E-state index >= 15 is 0 Å². The molecule has 0 saturated heterocycles. The molecule has 0 bridgehead atoms. The van der Waals surface area contributed by atoms with Gasteiger partial charge in [0.25, 0.3) is 0 Å². The van der Waals surface area contributed by atoms with E-state index in [0.717, 1.165) is 22.4 Å². The minimum atomic E-state index is -1.71. The summed E-state index contributed by atoms with van der Waals surface area (Å²) in [5.41, 5.74) is 0.251. The third-order valence-electron chi connectivity index (χ3n) is 4.73. The predicted octanol–water partition coefficient (Wildman–Crippen LogP) is 3.06. The highest BCUT2D eigenvalue weighted by molar-refractivity contribution is 5.96. The van der Waals surface area contributed by atoms with Crippen LogP contribution in [0.1, 0.15) is 12.5 Å². The summed E-state index contributed by atoms with van der Waals surface area (Å²) in [5, 5.41) is 8.81. The first-order valence-corrected chi connectivity index (χ1v) is 9.73. The van der Waals surface area contributed by atoms with E-state index in [0.29, 0.717) is 6.07 Å². The highest BCUT2D eigenvalue weighted by atomic mass is 19.2. The molecule has 3 N–H and O–H groups in total. The molecule has 9 heteroatoms. The quantitative estimate of drug-likeness (QED) is 0.491. The lowest BCUT2D eigenvalue weighted by atomic mass is 10.0. The van der Waals surface area contributed by atoms with Gasteiger partial charge < -0.3 is 16.0 Å². The van der Waals surface area contributed by atoms with Crippen molar-refractivity contribution >= 4 is 34.2 Å². The lowest BCUT2D eigenvalue weighted by Gasteiger charge is -2.15. The standard InChI is InChI=1S/C23H20F3N3O3/c1-13(28-19(30)11-15-7-4-6-14-5-2-3-8-16(14)15)23(32)27-12-20(31)29-18-10-9-17(24)21(25)22(18)26/h2-10,13H,11-12H2,1H3,(H,27,32)(H,28,30)(H,29,31)/t13-/m0/s1. The molecule has 0 aliphatic rings. The highest BCUT2D eigenvalue weighted by Gasteiger charge is 2.19. The van der Waals surface area contributed by atoms with Crippen LogP contribution in [0.2, 0.25) is 0 Å². The maximum Gasteiger partial charge on any atom is 0.243 e. The first-order valence-electron chi connectivity index (χ1n) is 9.73. The van der Waals surface area contributed by atoms with Crippen LogP contribution >= 0.6 is 0 Å². The number of benzene rings is 3. The molecule has 0 aliphatic heterocycles. The Balaban J connectivity index is 1.50. The van der Waals surface area contributed by atoms with Crippen LogP contribution < -0.4 is 16.0 Å². The van der Waals surface area contributed by atoms with Crippen LogP contribution in [-0.4, -0.2) is 30.3 Å². The van der Waals surface area contributed by atoms with Crippen molar-refractivity contribution in [3.8, 4) is 0 Å². The van der Waals surface area contributed by atoms with Crippen molar-refractivity contribution in [2.24, 2.45) is 0 Å². The number of hydrogen-bond acceptors (Lipinski definition) is 3. The Hall–Kier alpha value is -3.88. The summed E-state index contributed by atoms with van der Waals surface area (Å²) in [5.74, 6) is -6.51. The zero-order valence-electron chi connectivity index (χ0n) is 17.0. The van der Waals surface area contributed by atoms with E-state index in [4.69, 9.17) is 0 Å². The van der Waals surface area contributed by atoms with Gasteiger partial charge in [0.1, 0.15) is 6.04 Å². The number of amides is 3. The third kappa shape index (κ3) is 5.42. The number of nitrogens with one attached hydrogen (secondary N) is 3. The second-order valence-electron chi connectivity index (χ2n) is 7.09. The maximum atomic E-state index is 13.6. The Kier molecular flexibility index (Phi) is 7.09. The fourth-order valence-electron chi connectivity index (χ4n) is 3.12. The monoisotopic (exact) mass is 443 g/mol. The lowest BCUT2D eigenvalue weighted by molar-refractivity contribution is -0.129. The molecular formula is C23H20F3N3O3. The lowest BCUT2D eigenvalue weighted by Crippen LogP contribution is -2.47. The molecule has 0 saturated carbocycles. The van der Waals surface area contributed by atoms with Crippen molar-refractivity contribution in [1.29, 1.82) is 0 Å². The minimum Gasteiger partial charge on any atom is -0.345 e. The van der Waals surface area contributed by atoms with E-state index in [9.17, 15) is 27.6 Å². The smallest absolute Gasteiger partial charge is 0.243 e. The topological polar surface area (TPSA) is 87.3 Å². The van der Waals surface area contributed by atoms with Crippen LogP contribution in [0.25, 0.3) is 10.8 Å². The Bertz CT molecular complexity index is 1180. The molecule has 0 fully saturated rings. The third-order valence-corrected chi connectivity index (χ3v) is 4.73. The zero-order chi connectivity index (χ0) is 23.3. The van der Waals surface area contributed by atoms with E-state index < -0.39 is 47.5 Å². The van der Waals surface area contributed by atoms with Gasteiger partial charge in [-0.2, -0.15) is 0 Å². The van der Waals surface area contributed by atoms with Crippen LogP contribution in [0, 0.1) is 17.5 Å². The van der Waals surface area contributed by atoms with Gasteiger partial charge in [-0.3, -0.25) is 14.4 Å². The first kappa shape index (κ1) is 22.8. The molecule has 6 nitrogen and oxygen atoms in total. The second-order valence-corrected chi connectivity index (χ2v) is 7.09. The van der Waals surface area contributed by atoms with Gasteiger partial charge in [0.05, 0.1) is 18.7 Å². The Morgan fingerprint density at radius 2 is 1.59 bits per heavy atom. The molecule has 166 valence electrons. The average molecular weight is 443 g/mol. The van der Waals surface area contributed by atoms with E-state index in [2.05, 4.69) is 10.6 Å². The molecule has 32 heavy (non-hydrogen) atoms.